The van der Waals surface area contributed by atoms with Gasteiger partial charge in [-0.3, -0.25) is 4.90 Å². The topological polar surface area (TPSA) is 18.5 Å². The highest BCUT2D eigenvalue weighted by molar-refractivity contribution is 9.10. The number of nitrogens with zero attached hydrogens (tertiary/aromatic N) is 2. The number of hydrogen-bond donors (Lipinski definition) is 1. The third kappa shape index (κ3) is 4.86. The van der Waals surface area contributed by atoms with Gasteiger partial charge in [-0.05, 0) is 25.2 Å². The molecule has 1 aromatic rings. The number of hydrogen-bond acceptors (Lipinski definition) is 3. The van der Waals surface area contributed by atoms with Gasteiger partial charge in [-0.15, -0.1) is 0 Å². The Balaban J connectivity index is 1.92. The van der Waals surface area contributed by atoms with Crippen molar-refractivity contribution in [3.63, 3.8) is 0 Å². The standard InChI is InChI=1S/C14H19BrF3N3/c1-20-6-8-21(9-7-20)5-4-19-13-10-11(15)2-3-12(13)14(16,17)18/h2-3,10,19H,4-9H2,1H3. The monoisotopic (exact) mass is 365 g/mol. The predicted octanol–water partition coefficient (Wildman–Crippen LogP) is 3.13. The molecule has 3 nitrogen and oxygen atoms in total. The largest absolute Gasteiger partial charge is 0.418 e. The van der Waals surface area contributed by atoms with Crippen LogP contribution in [0.3, 0.4) is 0 Å². The summed E-state index contributed by atoms with van der Waals surface area (Å²) in [6.45, 7) is 5.18. The van der Waals surface area contributed by atoms with Crippen LogP contribution < -0.4 is 5.32 Å². The highest BCUT2D eigenvalue weighted by Gasteiger charge is 2.33. The van der Waals surface area contributed by atoms with Gasteiger partial charge in [0.2, 0.25) is 0 Å². The molecule has 0 atom stereocenters. The second-order valence-electron chi connectivity index (χ2n) is 5.26. The molecule has 0 unspecified atom stereocenters. The van der Waals surface area contributed by atoms with Crippen molar-refractivity contribution in [2.24, 2.45) is 0 Å². The van der Waals surface area contributed by atoms with Crippen molar-refractivity contribution >= 4 is 21.6 Å². The number of halogens is 4. The molecular formula is C14H19BrF3N3. The summed E-state index contributed by atoms with van der Waals surface area (Å²) in [5.74, 6) is 0. The van der Waals surface area contributed by atoms with E-state index in [4.69, 9.17) is 0 Å². The van der Waals surface area contributed by atoms with E-state index in [1.807, 2.05) is 0 Å². The lowest BCUT2D eigenvalue weighted by atomic mass is 10.1. The van der Waals surface area contributed by atoms with E-state index >= 15 is 0 Å². The first kappa shape index (κ1) is 16.6. The van der Waals surface area contributed by atoms with Crippen LogP contribution in [-0.2, 0) is 6.18 Å². The summed E-state index contributed by atoms with van der Waals surface area (Å²) in [5.41, 5.74) is -0.491. The van der Waals surface area contributed by atoms with Crippen LogP contribution in [0.2, 0.25) is 0 Å². The molecule has 7 heteroatoms. The molecule has 1 aromatic carbocycles. The Morgan fingerprint density at radius 3 is 2.48 bits per heavy atom. The molecule has 0 aliphatic carbocycles. The predicted molar refractivity (Wildman–Crippen MR) is 81.6 cm³/mol. The van der Waals surface area contributed by atoms with Gasteiger partial charge < -0.3 is 10.2 Å². The summed E-state index contributed by atoms with van der Waals surface area (Å²) in [7, 11) is 2.08. The van der Waals surface area contributed by atoms with E-state index in [1.54, 1.807) is 0 Å². The summed E-state index contributed by atoms with van der Waals surface area (Å²) >= 11 is 3.21. The Labute approximate surface area is 131 Å². The number of rotatable bonds is 4. The minimum Gasteiger partial charge on any atom is -0.383 e. The maximum absolute atomic E-state index is 12.9. The summed E-state index contributed by atoms with van der Waals surface area (Å²) in [5, 5.41) is 2.91. The fourth-order valence-electron chi connectivity index (χ4n) is 2.33. The molecule has 1 aliphatic rings. The highest BCUT2D eigenvalue weighted by atomic mass is 79.9. The van der Waals surface area contributed by atoms with Crippen molar-refractivity contribution in [2.45, 2.75) is 6.18 Å². The van der Waals surface area contributed by atoms with Crippen molar-refractivity contribution in [1.29, 1.82) is 0 Å². The molecular weight excluding hydrogens is 347 g/mol. The van der Waals surface area contributed by atoms with Crippen LogP contribution in [0.25, 0.3) is 0 Å². The van der Waals surface area contributed by atoms with E-state index in [2.05, 4.69) is 38.1 Å². The number of benzene rings is 1. The van der Waals surface area contributed by atoms with Gasteiger partial charge in [-0.2, -0.15) is 13.2 Å². The third-order valence-electron chi connectivity index (χ3n) is 3.63. The van der Waals surface area contributed by atoms with E-state index in [0.29, 0.717) is 11.0 Å². The molecule has 0 radical (unpaired) electrons. The van der Waals surface area contributed by atoms with Crippen LogP contribution in [0.4, 0.5) is 18.9 Å². The van der Waals surface area contributed by atoms with E-state index in [1.165, 1.54) is 12.1 Å². The molecule has 0 aromatic heterocycles. The van der Waals surface area contributed by atoms with Crippen LogP contribution in [0.5, 0.6) is 0 Å². The second-order valence-corrected chi connectivity index (χ2v) is 6.18. The van der Waals surface area contributed by atoms with Crippen molar-refractivity contribution < 1.29 is 13.2 Å². The van der Waals surface area contributed by atoms with Crippen molar-refractivity contribution in [3.8, 4) is 0 Å². The molecule has 0 amide bonds. The Kier molecular flexibility index (Phi) is 5.51. The minimum atomic E-state index is -4.34. The fourth-order valence-corrected chi connectivity index (χ4v) is 2.69. The summed E-state index contributed by atoms with van der Waals surface area (Å²) in [6, 6.07) is 3.99. The zero-order valence-electron chi connectivity index (χ0n) is 11.9. The Hall–Kier alpha value is -0.790. The summed E-state index contributed by atoms with van der Waals surface area (Å²) < 4.78 is 39.4. The molecule has 0 bridgehead atoms. The van der Waals surface area contributed by atoms with Gasteiger partial charge in [-0.1, -0.05) is 15.9 Å². The molecule has 0 saturated carbocycles. The second kappa shape index (κ2) is 6.98. The molecule has 1 aliphatic heterocycles. The van der Waals surface area contributed by atoms with E-state index < -0.39 is 11.7 Å². The van der Waals surface area contributed by atoms with Crippen molar-refractivity contribution in [2.75, 3.05) is 51.6 Å². The highest BCUT2D eigenvalue weighted by Crippen LogP contribution is 2.36. The van der Waals surface area contributed by atoms with Crippen LogP contribution in [0.1, 0.15) is 5.56 Å². The molecule has 21 heavy (non-hydrogen) atoms. The minimum absolute atomic E-state index is 0.131. The first-order valence-electron chi connectivity index (χ1n) is 6.88. The van der Waals surface area contributed by atoms with Crippen molar-refractivity contribution in [1.82, 2.24) is 9.80 Å². The van der Waals surface area contributed by atoms with Crippen molar-refractivity contribution in [3.05, 3.63) is 28.2 Å². The quantitative estimate of drug-likeness (QED) is 0.884. The molecule has 1 heterocycles. The van der Waals surface area contributed by atoms with E-state index in [-0.39, 0.29) is 5.69 Å². The first-order chi connectivity index (χ1) is 9.86. The lowest BCUT2D eigenvalue weighted by molar-refractivity contribution is -0.137. The Bertz CT molecular complexity index is 471. The fraction of sp³-hybridized carbons (Fsp3) is 0.571. The molecule has 1 fully saturated rings. The molecule has 0 spiro atoms. The Morgan fingerprint density at radius 2 is 1.86 bits per heavy atom. The number of likely N-dealkylation sites (N-methyl/N-ethyl adjacent to an activating group) is 1. The molecule has 118 valence electrons. The van der Waals surface area contributed by atoms with Crippen LogP contribution in [0.15, 0.2) is 22.7 Å². The van der Waals surface area contributed by atoms with E-state index in [0.717, 1.165) is 38.8 Å². The lowest BCUT2D eigenvalue weighted by Crippen LogP contribution is -2.45. The number of nitrogens with one attached hydrogen (secondary N) is 1. The number of piperazine rings is 1. The number of alkyl halides is 3. The van der Waals surface area contributed by atoms with Gasteiger partial charge >= 0.3 is 6.18 Å². The smallest absolute Gasteiger partial charge is 0.383 e. The van der Waals surface area contributed by atoms with Gasteiger partial charge in [0.25, 0.3) is 0 Å². The van der Waals surface area contributed by atoms with Crippen LogP contribution >= 0.6 is 15.9 Å². The zero-order valence-corrected chi connectivity index (χ0v) is 13.5. The van der Waals surface area contributed by atoms with Gasteiger partial charge in [0.05, 0.1) is 5.56 Å². The zero-order chi connectivity index (χ0) is 15.5. The average molecular weight is 366 g/mol. The van der Waals surface area contributed by atoms with Gasteiger partial charge in [0.1, 0.15) is 0 Å². The molecule has 2 rings (SSSR count). The lowest BCUT2D eigenvalue weighted by Gasteiger charge is -2.32. The van der Waals surface area contributed by atoms with Gasteiger partial charge in [-0.25, -0.2) is 0 Å². The average Bonchev–Trinajstić information content (AvgIpc) is 2.40. The van der Waals surface area contributed by atoms with Gasteiger partial charge in [0.15, 0.2) is 0 Å². The van der Waals surface area contributed by atoms with Gasteiger partial charge in [0, 0.05) is 49.4 Å². The SMILES string of the molecule is CN1CCN(CCNc2cc(Br)ccc2C(F)(F)F)CC1. The maximum atomic E-state index is 12.9. The molecule has 1 N–H and O–H groups in total. The third-order valence-corrected chi connectivity index (χ3v) is 4.12. The molecule has 1 saturated heterocycles. The maximum Gasteiger partial charge on any atom is 0.418 e. The normalized spacial score (nSPS) is 18.0. The van der Waals surface area contributed by atoms with Crippen LogP contribution in [0, 0.1) is 0 Å². The van der Waals surface area contributed by atoms with Crippen LogP contribution in [-0.4, -0.2) is 56.1 Å². The number of anilines is 1. The summed E-state index contributed by atoms with van der Waals surface area (Å²) in [4.78, 5) is 4.51. The summed E-state index contributed by atoms with van der Waals surface area (Å²) in [6.07, 6.45) is -4.34. The van der Waals surface area contributed by atoms with E-state index in [9.17, 15) is 13.2 Å². The first-order valence-corrected chi connectivity index (χ1v) is 7.67. The Morgan fingerprint density at radius 1 is 1.19 bits per heavy atom.